The second kappa shape index (κ2) is 6.16. The van der Waals surface area contributed by atoms with Crippen LogP contribution in [0.5, 0.6) is 5.75 Å². The van der Waals surface area contributed by atoms with Gasteiger partial charge in [0.2, 0.25) is 0 Å². The molecule has 1 atom stereocenters. The Morgan fingerprint density at radius 2 is 1.70 bits per heavy atom. The molecule has 0 aliphatic heterocycles. The molecular formula is C15H13Cl2NO2. The van der Waals surface area contributed by atoms with Gasteiger partial charge in [-0.3, -0.25) is 4.79 Å². The van der Waals surface area contributed by atoms with Gasteiger partial charge in [0.25, 0.3) is 5.91 Å². The lowest BCUT2D eigenvalue weighted by Crippen LogP contribution is -2.26. The van der Waals surface area contributed by atoms with E-state index < -0.39 is 0 Å². The molecule has 3 nitrogen and oxygen atoms in total. The van der Waals surface area contributed by atoms with Gasteiger partial charge in [-0.25, -0.2) is 0 Å². The predicted octanol–water partition coefficient (Wildman–Crippen LogP) is 4.19. The van der Waals surface area contributed by atoms with Gasteiger partial charge in [0.05, 0.1) is 11.6 Å². The largest absolute Gasteiger partial charge is 0.507 e. The second-order valence-corrected chi connectivity index (χ2v) is 5.28. The highest BCUT2D eigenvalue weighted by Crippen LogP contribution is 2.23. The minimum atomic E-state index is -0.382. The molecule has 0 fully saturated rings. The highest BCUT2D eigenvalue weighted by Gasteiger charge is 2.15. The van der Waals surface area contributed by atoms with Gasteiger partial charge in [-0.1, -0.05) is 35.3 Å². The summed E-state index contributed by atoms with van der Waals surface area (Å²) in [7, 11) is 0. The number of phenols is 1. The van der Waals surface area contributed by atoms with Crippen LogP contribution in [-0.2, 0) is 0 Å². The normalized spacial score (nSPS) is 11.9. The number of phenolic OH excluding ortho intramolecular Hbond substituents is 1. The molecule has 2 aromatic carbocycles. The summed E-state index contributed by atoms with van der Waals surface area (Å²) < 4.78 is 0. The van der Waals surface area contributed by atoms with E-state index in [-0.39, 0.29) is 23.3 Å². The Labute approximate surface area is 127 Å². The van der Waals surface area contributed by atoms with Crippen molar-refractivity contribution in [1.29, 1.82) is 0 Å². The van der Waals surface area contributed by atoms with E-state index in [0.29, 0.717) is 10.0 Å². The highest BCUT2D eigenvalue weighted by molar-refractivity contribution is 6.31. The molecule has 104 valence electrons. The molecule has 1 unspecified atom stereocenters. The summed E-state index contributed by atoms with van der Waals surface area (Å²) in [6.45, 7) is 1.85. The Morgan fingerprint density at radius 1 is 1.10 bits per heavy atom. The first-order chi connectivity index (χ1) is 9.47. The van der Waals surface area contributed by atoms with Crippen molar-refractivity contribution in [3.63, 3.8) is 0 Å². The van der Waals surface area contributed by atoms with Crippen LogP contribution in [0.1, 0.15) is 28.9 Å². The fraction of sp³-hybridized carbons (Fsp3) is 0.133. The van der Waals surface area contributed by atoms with Gasteiger partial charge in [-0.05, 0) is 42.8 Å². The number of nitrogens with one attached hydrogen (secondary N) is 1. The zero-order chi connectivity index (χ0) is 14.7. The van der Waals surface area contributed by atoms with Crippen LogP contribution < -0.4 is 5.32 Å². The summed E-state index contributed by atoms with van der Waals surface area (Å²) in [4.78, 5) is 12.1. The van der Waals surface area contributed by atoms with E-state index in [2.05, 4.69) is 5.32 Å². The third-order valence-corrected chi connectivity index (χ3v) is 3.41. The molecule has 0 aliphatic carbocycles. The van der Waals surface area contributed by atoms with E-state index in [9.17, 15) is 9.90 Å². The maximum atomic E-state index is 12.1. The third kappa shape index (κ3) is 3.44. The van der Waals surface area contributed by atoms with Gasteiger partial charge in [-0.15, -0.1) is 0 Å². The van der Waals surface area contributed by atoms with Gasteiger partial charge in [-0.2, -0.15) is 0 Å². The van der Waals surface area contributed by atoms with Crippen LogP contribution in [0.2, 0.25) is 10.0 Å². The average molecular weight is 310 g/mol. The standard InChI is InChI=1S/C15H13Cl2NO2/c1-9(10-2-4-11(16)5-3-10)18-15(20)13-8-12(17)6-7-14(13)19/h2-9,19H,1H3,(H,18,20). The second-order valence-electron chi connectivity index (χ2n) is 4.41. The van der Waals surface area contributed by atoms with Crippen LogP contribution in [0.4, 0.5) is 0 Å². The van der Waals surface area contributed by atoms with Gasteiger partial charge in [0, 0.05) is 10.0 Å². The molecule has 0 aromatic heterocycles. The molecule has 2 rings (SSSR count). The molecule has 0 bridgehead atoms. The number of benzene rings is 2. The smallest absolute Gasteiger partial charge is 0.255 e. The van der Waals surface area contributed by atoms with Crippen LogP contribution in [0.25, 0.3) is 0 Å². The van der Waals surface area contributed by atoms with Gasteiger partial charge in [0.15, 0.2) is 0 Å². The highest BCUT2D eigenvalue weighted by atomic mass is 35.5. The van der Waals surface area contributed by atoms with E-state index in [4.69, 9.17) is 23.2 Å². The Bertz CT molecular complexity index is 626. The Kier molecular flexibility index (Phi) is 4.53. The van der Waals surface area contributed by atoms with Crippen molar-refractivity contribution in [3.05, 3.63) is 63.6 Å². The predicted molar refractivity (Wildman–Crippen MR) is 80.5 cm³/mol. The molecule has 0 heterocycles. The summed E-state index contributed by atoms with van der Waals surface area (Å²) in [5.41, 5.74) is 1.07. The molecule has 20 heavy (non-hydrogen) atoms. The van der Waals surface area contributed by atoms with Crippen molar-refractivity contribution in [2.24, 2.45) is 0 Å². The number of hydrogen-bond donors (Lipinski definition) is 2. The fourth-order valence-corrected chi connectivity index (χ4v) is 2.10. The number of rotatable bonds is 3. The number of carbonyl (C=O) groups excluding carboxylic acids is 1. The summed E-state index contributed by atoms with van der Waals surface area (Å²) in [6.07, 6.45) is 0. The summed E-state index contributed by atoms with van der Waals surface area (Å²) in [5.74, 6) is -0.484. The first-order valence-electron chi connectivity index (χ1n) is 6.02. The zero-order valence-electron chi connectivity index (χ0n) is 10.7. The van der Waals surface area contributed by atoms with E-state index in [1.165, 1.54) is 18.2 Å². The van der Waals surface area contributed by atoms with E-state index in [0.717, 1.165) is 5.56 Å². The molecular weight excluding hydrogens is 297 g/mol. The topological polar surface area (TPSA) is 49.3 Å². The Balaban J connectivity index is 2.15. The molecule has 1 amide bonds. The van der Waals surface area contributed by atoms with E-state index in [1.54, 1.807) is 12.1 Å². The molecule has 0 saturated carbocycles. The number of hydrogen-bond acceptors (Lipinski definition) is 2. The maximum Gasteiger partial charge on any atom is 0.255 e. The van der Waals surface area contributed by atoms with Crippen molar-refractivity contribution in [2.75, 3.05) is 0 Å². The molecule has 0 aliphatic rings. The Hall–Kier alpha value is -1.71. The van der Waals surface area contributed by atoms with Gasteiger partial charge >= 0.3 is 0 Å². The molecule has 0 spiro atoms. The minimum Gasteiger partial charge on any atom is -0.507 e. The molecule has 5 heteroatoms. The quantitative estimate of drug-likeness (QED) is 0.893. The first-order valence-corrected chi connectivity index (χ1v) is 6.78. The van der Waals surface area contributed by atoms with Crippen molar-refractivity contribution in [3.8, 4) is 5.75 Å². The average Bonchev–Trinajstić information content (AvgIpc) is 2.42. The van der Waals surface area contributed by atoms with Crippen molar-refractivity contribution >= 4 is 29.1 Å². The first kappa shape index (κ1) is 14.7. The van der Waals surface area contributed by atoms with Gasteiger partial charge in [0.1, 0.15) is 5.75 Å². The van der Waals surface area contributed by atoms with E-state index >= 15 is 0 Å². The molecule has 0 saturated heterocycles. The monoisotopic (exact) mass is 309 g/mol. The molecule has 0 radical (unpaired) electrons. The van der Waals surface area contributed by atoms with Crippen molar-refractivity contribution < 1.29 is 9.90 Å². The maximum absolute atomic E-state index is 12.1. The van der Waals surface area contributed by atoms with Crippen LogP contribution in [-0.4, -0.2) is 11.0 Å². The lowest BCUT2D eigenvalue weighted by Gasteiger charge is -2.15. The minimum absolute atomic E-state index is 0.102. The van der Waals surface area contributed by atoms with Gasteiger partial charge < -0.3 is 10.4 Å². The molecule has 2 N–H and O–H groups in total. The number of halogens is 2. The number of carbonyl (C=O) groups is 1. The lowest BCUT2D eigenvalue weighted by atomic mass is 10.1. The van der Waals surface area contributed by atoms with E-state index in [1.807, 2.05) is 19.1 Å². The SMILES string of the molecule is CC(NC(=O)c1cc(Cl)ccc1O)c1ccc(Cl)cc1. The number of amides is 1. The number of aromatic hydroxyl groups is 1. The van der Waals surface area contributed by atoms with Crippen molar-refractivity contribution in [2.45, 2.75) is 13.0 Å². The molecule has 2 aromatic rings. The van der Waals surface area contributed by atoms with Crippen LogP contribution in [0.15, 0.2) is 42.5 Å². The fourth-order valence-electron chi connectivity index (χ4n) is 1.80. The van der Waals surface area contributed by atoms with Crippen LogP contribution in [0, 0.1) is 0 Å². The van der Waals surface area contributed by atoms with Crippen LogP contribution >= 0.6 is 23.2 Å². The lowest BCUT2D eigenvalue weighted by molar-refractivity contribution is 0.0937. The zero-order valence-corrected chi connectivity index (χ0v) is 12.2. The summed E-state index contributed by atoms with van der Waals surface area (Å²) in [5, 5.41) is 13.5. The summed E-state index contributed by atoms with van der Waals surface area (Å²) >= 11 is 11.6. The van der Waals surface area contributed by atoms with Crippen molar-refractivity contribution in [1.82, 2.24) is 5.32 Å². The van der Waals surface area contributed by atoms with Crippen LogP contribution in [0.3, 0.4) is 0 Å². The summed E-state index contributed by atoms with van der Waals surface area (Å²) in [6, 6.07) is 11.3. The Morgan fingerprint density at radius 3 is 2.35 bits per heavy atom. The third-order valence-electron chi connectivity index (χ3n) is 2.92.